The van der Waals surface area contributed by atoms with Crippen LogP contribution in [0.2, 0.25) is 0 Å². The van der Waals surface area contributed by atoms with E-state index in [0.717, 1.165) is 29.9 Å². The lowest BCUT2D eigenvalue weighted by molar-refractivity contribution is 0.0315. The molecule has 1 aromatic heterocycles. The van der Waals surface area contributed by atoms with Gasteiger partial charge >= 0.3 is 0 Å². The molecule has 17 heavy (non-hydrogen) atoms. The topological polar surface area (TPSA) is 52.0 Å². The van der Waals surface area contributed by atoms with E-state index >= 15 is 0 Å². The summed E-state index contributed by atoms with van der Waals surface area (Å²) in [7, 11) is 3.92. The second-order valence-corrected chi connectivity index (χ2v) is 5.27. The van der Waals surface area contributed by atoms with E-state index in [1.54, 1.807) is 11.8 Å². The monoisotopic (exact) mass is 256 g/mol. The van der Waals surface area contributed by atoms with Crippen molar-refractivity contribution in [2.75, 3.05) is 19.4 Å². The summed E-state index contributed by atoms with van der Waals surface area (Å²) in [5.74, 6) is 1.95. The van der Waals surface area contributed by atoms with Gasteiger partial charge < -0.3 is 14.6 Å². The van der Waals surface area contributed by atoms with Crippen LogP contribution in [0.3, 0.4) is 0 Å². The normalized spacial score (nSPS) is 20.7. The molecule has 0 radical (unpaired) electrons. The molecule has 2 heterocycles. The first-order chi connectivity index (χ1) is 8.31. The molecular weight excluding hydrogens is 236 g/mol. The van der Waals surface area contributed by atoms with Crippen molar-refractivity contribution in [3.8, 4) is 0 Å². The van der Waals surface area contributed by atoms with Crippen LogP contribution in [0.1, 0.15) is 25.1 Å². The first kappa shape index (κ1) is 12.9. The van der Waals surface area contributed by atoms with Gasteiger partial charge in [-0.1, -0.05) is 11.8 Å². The first-order valence-electron chi connectivity index (χ1n) is 6.08. The van der Waals surface area contributed by atoms with Gasteiger partial charge in [0, 0.05) is 19.4 Å². The van der Waals surface area contributed by atoms with Crippen molar-refractivity contribution in [3.05, 3.63) is 5.82 Å². The van der Waals surface area contributed by atoms with Crippen LogP contribution in [0.15, 0.2) is 5.16 Å². The fourth-order valence-electron chi connectivity index (χ4n) is 1.89. The van der Waals surface area contributed by atoms with E-state index in [9.17, 15) is 0 Å². The lowest BCUT2D eigenvalue weighted by Gasteiger charge is -2.21. The average molecular weight is 256 g/mol. The molecule has 96 valence electrons. The minimum Gasteiger partial charge on any atom is -0.377 e. The minimum atomic E-state index is 0.387. The lowest BCUT2D eigenvalue weighted by Crippen LogP contribution is -2.21. The number of nitrogens with one attached hydrogen (secondary N) is 1. The van der Waals surface area contributed by atoms with Crippen LogP contribution in [0.4, 0.5) is 0 Å². The van der Waals surface area contributed by atoms with E-state index in [1.807, 2.05) is 18.7 Å². The van der Waals surface area contributed by atoms with Crippen LogP contribution in [0.25, 0.3) is 0 Å². The minimum absolute atomic E-state index is 0.387. The zero-order valence-electron chi connectivity index (χ0n) is 10.5. The summed E-state index contributed by atoms with van der Waals surface area (Å²) in [5.41, 5.74) is 0. The predicted octanol–water partition coefficient (Wildman–Crippen LogP) is 1.20. The van der Waals surface area contributed by atoms with Gasteiger partial charge in [0.2, 0.25) is 0 Å². The first-order valence-corrected chi connectivity index (χ1v) is 7.07. The van der Waals surface area contributed by atoms with Gasteiger partial charge in [-0.05, 0) is 26.3 Å². The van der Waals surface area contributed by atoms with Crippen molar-refractivity contribution < 1.29 is 4.74 Å². The van der Waals surface area contributed by atoms with E-state index in [1.165, 1.54) is 19.3 Å². The summed E-state index contributed by atoms with van der Waals surface area (Å²) in [6, 6.07) is 0. The maximum absolute atomic E-state index is 5.70. The molecule has 0 saturated carbocycles. The van der Waals surface area contributed by atoms with E-state index in [4.69, 9.17) is 4.74 Å². The lowest BCUT2D eigenvalue weighted by atomic mass is 10.1. The number of hydrogen-bond donors (Lipinski definition) is 1. The molecule has 0 aromatic carbocycles. The third kappa shape index (κ3) is 3.43. The predicted molar refractivity (Wildman–Crippen MR) is 68.1 cm³/mol. The summed E-state index contributed by atoms with van der Waals surface area (Å²) in [6.07, 6.45) is 4.05. The third-order valence-electron chi connectivity index (χ3n) is 2.93. The van der Waals surface area contributed by atoms with Crippen molar-refractivity contribution in [1.29, 1.82) is 0 Å². The van der Waals surface area contributed by atoms with Crippen molar-refractivity contribution in [3.63, 3.8) is 0 Å². The molecule has 1 N–H and O–H groups in total. The smallest absolute Gasteiger partial charge is 0.191 e. The maximum Gasteiger partial charge on any atom is 0.191 e. The number of rotatable bonds is 5. The molecule has 0 unspecified atom stereocenters. The van der Waals surface area contributed by atoms with Gasteiger partial charge in [-0.3, -0.25) is 0 Å². The Morgan fingerprint density at radius 3 is 3.06 bits per heavy atom. The summed E-state index contributed by atoms with van der Waals surface area (Å²) in [5, 5.41) is 12.4. The molecule has 1 aromatic rings. The molecular formula is C11H20N4OS. The Balaban J connectivity index is 1.85. The fourth-order valence-corrected chi connectivity index (χ4v) is 2.88. The third-order valence-corrected chi connectivity index (χ3v) is 4.08. The fraction of sp³-hybridized carbons (Fsp3) is 0.818. The highest BCUT2D eigenvalue weighted by atomic mass is 32.2. The van der Waals surface area contributed by atoms with Gasteiger partial charge in [-0.15, -0.1) is 10.2 Å². The van der Waals surface area contributed by atoms with Gasteiger partial charge in [-0.2, -0.15) is 0 Å². The van der Waals surface area contributed by atoms with Gasteiger partial charge in [0.25, 0.3) is 0 Å². The molecule has 0 amide bonds. The van der Waals surface area contributed by atoms with Crippen molar-refractivity contribution >= 4 is 11.8 Å². The van der Waals surface area contributed by atoms with Crippen LogP contribution in [-0.2, 0) is 18.3 Å². The molecule has 0 aliphatic carbocycles. The van der Waals surface area contributed by atoms with Crippen molar-refractivity contribution in [2.24, 2.45) is 7.05 Å². The molecule has 1 atom stereocenters. The number of ether oxygens (including phenoxy) is 1. The molecule has 0 spiro atoms. The highest BCUT2D eigenvalue weighted by Crippen LogP contribution is 2.22. The van der Waals surface area contributed by atoms with Gasteiger partial charge in [0.05, 0.1) is 12.6 Å². The van der Waals surface area contributed by atoms with E-state index in [2.05, 4.69) is 15.5 Å². The van der Waals surface area contributed by atoms with Crippen LogP contribution < -0.4 is 5.32 Å². The second-order valence-electron chi connectivity index (χ2n) is 4.29. The molecule has 6 heteroatoms. The largest absolute Gasteiger partial charge is 0.377 e. The Labute approximate surface area is 106 Å². The Hall–Kier alpha value is -0.590. The molecule has 1 aliphatic heterocycles. The summed E-state index contributed by atoms with van der Waals surface area (Å²) < 4.78 is 7.75. The van der Waals surface area contributed by atoms with Crippen LogP contribution >= 0.6 is 11.8 Å². The Kier molecular flexibility index (Phi) is 4.82. The SMILES string of the molecule is CNCc1nnc(SC[C@H]2CCCCO2)n1C. The molecule has 0 bridgehead atoms. The molecule has 2 rings (SSSR count). The van der Waals surface area contributed by atoms with Crippen molar-refractivity contribution in [1.82, 2.24) is 20.1 Å². The van der Waals surface area contributed by atoms with Crippen LogP contribution in [0.5, 0.6) is 0 Å². The molecule has 5 nitrogen and oxygen atoms in total. The van der Waals surface area contributed by atoms with Gasteiger partial charge in [0.15, 0.2) is 5.16 Å². The summed E-state index contributed by atoms with van der Waals surface area (Å²) in [6.45, 7) is 1.67. The number of nitrogens with zero attached hydrogens (tertiary/aromatic N) is 3. The molecule has 1 fully saturated rings. The van der Waals surface area contributed by atoms with Gasteiger partial charge in [-0.25, -0.2) is 0 Å². The number of hydrogen-bond acceptors (Lipinski definition) is 5. The average Bonchev–Trinajstić information content (AvgIpc) is 2.70. The zero-order valence-corrected chi connectivity index (χ0v) is 11.3. The van der Waals surface area contributed by atoms with E-state index in [-0.39, 0.29) is 0 Å². The Bertz CT molecular complexity index is 349. The second kappa shape index (κ2) is 6.37. The Morgan fingerprint density at radius 1 is 1.47 bits per heavy atom. The maximum atomic E-state index is 5.70. The van der Waals surface area contributed by atoms with Crippen LogP contribution in [0, 0.1) is 0 Å². The van der Waals surface area contributed by atoms with E-state index < -0.39 is 0 Å². The standard InChI is InChI=1S/C11H20N4OS/c1-12-7-10-13-14-11(15(10)2)17-8-9-5-3-4-6-16-9/h9,12H,3-8H2,1-2H3/t9-/m1/s1. The molecule has 1 saturated heterocycles. The van der Waals surface area contributed by atoms with E-state index in [0.29, 0.717) is 6.10 Å². The van der Waals surface area contributed by atoms with Crippen LogP contribution in [-0.4, -0.2) is 40.3 Å². The number of aromatic nitrogens is 3. The number of thioether (sulfide) groups is 1. The zero-order chi connectivity index (χ0) is 12.1. The highest BCUT2D eigenvalue weighted by molar-refractivity contribution is 7.99. The summed E-state index contributed by atoms with van der Waals surface area (Å²) >= 11 is 1.74. The quantitative estimate of drug-likeness (QED) is 0.802. The van der Waals surface area contributed by atoms with Gasteiger partial charge in [0.1, 0.15) is 5.82 Å². The highest BCUT2D eigenvalue weighted by Gasteiger charge is 2.16. The summed E-state index contributed by atoms with van der Waals surface area (Å²) in [4.78, 5) is 0. The molecule has 1 aliphatic rings. The van der Waals surface area contributed by atoms with Crippen molar-refractivity contribution in [2.45, 2.75) is 37.1 Å². The Morgan fingerprint density at radius 2 is 2.35 bits per heavy atom.